The highest BCUT2D eigenvalue weighted by molar-refractivity contribution is 5.67. The van der Waals surface area contributed by atoms with Gasteiger partial charge in [-0.15, -0.1) is 0 Å². The average molecular weight is 190 g/mol. The molecule has 4 nitrogen and oxygen atoms in total. The van der Waals surface area contributed by atoms with E-state index in [4.69, 9.17) is 14.6 Å². The van der Waals surface area contributed by atoms with Gasteiger partial charge >= 0.3 is 5.97 Å². The number of rotatable bonds is 8. The van der Waals surface area contributed by atoms with Crippen LogP contribution in [0.4, 0.5) is 0 Å². The molecule has 0 spiro atoms. The quantitative estimate of drug-likeness (QED) is 0.467. The predicted octanol–water partition coefficient (Wildman–Crippen LogP) is 1.64. The summed E-state index contributed by atoms with van der Waals surface area (Å²) in [5.41, 5.74) is 0. The summed E-state index contributed by atoms with van der Waals surface area (Å²) >= 11 is 0. The van der Waals surface area contributed by atoms with Crippen LogP contribution in [0.3, 0.4) is 0 Å². The van der Waals surface area contributed by atoms with Crippen molar-refractivity contribution in [2.75, 3.05) is 13.2 Å². The Kier molecular flexibility index (Phi) is 7.63. The fraction of sp³-hybridized carbons (Fsp3) is 0.889. The largest absolute Gasteiger partial charge is 0.480 e. The van der Waals surface area contributed by atoms with Gasteiger partial charge in [-0.3, -0.25) is 0 Å². The molecule has 0 aromatic carbocycles. The van der Waals surface area contributed by atoms with E-state index in [1.165, 1.54) is 0 Å². The molecule has 0 amide bonds. The molecule has 0 aliphatic rings. The summed E-state index contributed by atoms with van der Waals surface area (Å²) in [6.45, 7) is 4.16. The third-order valence-corrected chi connectivity index (χ3v) is 1.54. The minimum atomic E-state index is -0.969. The number of hydrogen-bond acceptors (Lipinski definition) is 3. The molecule has 0 saturated carbocycles. The molecule has 0 fully saturated rings. The Bertz CT molecular complexity index is 136. The highest BCUT2D eigenvalue weighted by atomic mass is 16.7. The zero-order valence-electron chi connectivity index (χ0n) is 8.28. The van der Waals surface area contributed by atoms with Crippen LogP contribution in [0.1, 0.15) is 33.1 Å². The SMILES string of the molecule is CCCCCOC(C)OCC(=O)O. The molecule has 1 atom stereocenters. The molecule has 0 saturated heterocycles. The Morgan fingerprint density at radius 1 is 1.38 bits per heavy atom. The maximum atomic E-state index is 10.1. The number of carboxylic acid groups (broad SMARTS) is 1. The van der Waals surface area contributed by atoms with Crippen LogP contribution in [0, 0.1) is 0 Å². The standard InChI is InChI=1S/C9H18O4/c1-3-4-5-6-12-8(2)13-7-9(10)11/h8H,3-7H2,1-2H3,(H,10,11). The second-order valence-electron chi connectivity index (χ2n) is 2.85. The van der Waals surface area contributed by atoms with E-state index in [0.29, 0.717) is 6.61 Å². The Hall–Kier alpha value is -0.610. The first kappa shape index (κ1) is 12.4. The Labute approximate surface area is 78.8 Å². The summed E-state index contributed by atoms with van der Waals surface area (Å²) < 4.78 is 10.1. The molecule has 0 aliphatic heterocycles. The Balaban J connectivity index is 3.19. The minimum Gasteiger partial charge on any atom is -0.480 e. The zero-order chi connectivity index (χ0) is 10.1. The lowest BCUT2D eigenvalue weighted by Crippen LogP contribution is -2.18. The number of unbranched alkanes of at least 4 members (excludes halogenated alkanes) is 2. The molecular weight excluding hydrogens is 172 g/mol. The Morgan fingerprint density at radius 3 is 2.62 bits per heavy atom. The second kappa shape index (κ2) is 8.01. The van der Waals surface area contributed by atoms with Gasteiger partial charge in [-0.25, -0.2) is 4.79 Å². The molecule has 13 heavy (non-hydrogen) atoms. The van der Waals surface area contributed by atoms with E-state index in [9.17, 15) is 4.79 Å². The van der Waals surface area contributed by atoms with Gasteiger partial charge in [-0.05, 0) is 13.3 Å². The lowest BCUT2D eigenvalue weighted by Gasteiger charge is -2.12. The number of aliphatic carboxylic acids is 1. The predicted molar refractivity (Wildman–Crippen MR) is 48.5 cm³/mol. The van der Waals surface area contributed by atoms with Crippen LogP contribution in [0.25, 0.3) is 0 Å². The van der Waals surface area contributed by atoms with E-state index in [2.05, 4.69) is 6.92 Å². The van der Waals surface area contributed by atoms with Gasteiger partial charge in [-0.1, -0.05) is 19.8 Å². The minimum absolute atomic E-state index is 0.297. The van der Waals surface area contributed by atoms with Crippen LogP contribution >= 0.6 is 0 Å². The highest BCUT2D eigenvalue weighted by Gasteiger charge is 2.04. The molecule has 0 radical (unpaired) electrons. The highest BCUT2D eigenvalue weighted by Crippen LogP contribution is 1.98. The first-order valence-corrected chi connectivity index (χ1v) is 4.61. The molecule has 1 N–H and O–H groups in total. The third-order valence-electron chi connectivity index (χ3n) is 1.54. The lowest BCUT2D eigenvalue weighted by molar-refractivity contribution is -0.163. The fourth-order valence-corrected chi connectivity index (χ4v) is 0.838. The fourth-order valence-electron chi connectivity index (χ4n) is 0.838. The van der Waals surface area contributed by atoms with Crippen molar-refractivity contribution in [2.24, 2.45) is 0 Å². The van der Waals surface area contributed by atoms with E-state index >= 15 is 0 Å². The van der Waals surface area contributed by atoms with Crippen LogP contribution in [-0.2, 0) is 14.3 Å². The van der Waals surface area contributed by atoms with E-state index in [1.54, 1.807) is 6.92 Å². The monoisotopic (exact) mass is 190 g/mol. The summed E-state index contributed by atoms with van der Waals surface area (Å²) in [5, 5.41) is 8.29. The van der Waals surface area contributed by atoms with E-state index in [-0.39, 0.29) is 6.61 Å². The van der Waals surface area contributed by atoms with Crippen molar-refractivity contribution >= 4 is 5.97 Å². The van der Waals surface area contributed by atoms with E-state index in [0.717, 1.165) is 19.3 Å². The molecule has 0 rings (SSSR count). The number of carboxylic acids is 1. The van der Waals surface area contributed by atoms with Gasteiger partial charge in [0.25, 0.3) is 0 Å². The molecule has 0 bridgehead atoms. The molecule has 0 heterocycles. The lowest BCUT2D eigenvalue weighted by atomic mass is 10.3. The van der Waals surface area contributed by atoms with Crippen molar-refractivity contribution in [3.05, 3.63) is 0 Å². The number of hydrogen-bond donors (Lipinski definition) is 1. The summed E-state index contributed by atoms with van der Waals surface area (Å²) in [4.78, 5) is 10.1. The normalized spacial score (nSPS) is 12.8. The molecular formula is C9H18O4. The summed E-state index contributed by atoms with van der Waals surface area (Å²) in [6.07, 6.45) is 2.85. The topological polar surface area (TPSA) is 55.8 Å². The van der Waals surface area contributed by atoms with Crippen LogP contribution in [0.15, 0.2) is 0 Å². The average Bonchev–Trinajstić information content (AvgIpc) is 2.09. The molecule has 4 heteroatoms. The smallest absolute Gasteiger partial charge is 0.329 e. The summed E-state index contributed by atoms with van der Waals surface area (Å²) in [7, 11) is 0. The summed E-state index contributed by atoms with van der Waals surface area (Å²) in [6, 6.07) is 0. The zero-order valence-corrected chi connectivity index (χ0v) is 8.28. The Morgan fingerprint density at radius 2 is 2.08 bits per heavy atom. The van der Waals surface area contributed by atoms with Crippen molar-refractivity contribution in [1.82, 2.24) is 0 Å². The van der Waals surface area contributed by atoms with Crippen molar-refractivity contribution in [2.45, 2.75) is 39.4 Å². The van der Waals surface area contributed by atoms with Gasteiger partial charge in [0.15, 0.2) is 6.29 Å². The molecule has 0 aliphatic carbocycles. The molecule has 1 unspecified atom stereocenters. The summed E-state index contributed by atoms with van der Waals surface area (Å²) in [5.74, 6) is -0.969. The number of carbonyl (C=O) groups is 1. The van der Waals surface area contributed by atoms with Gasteiger partial charge in [-0.2, -0.15) is 0 Å². The van der Waals surface area contributed by atoms with Gasteiger partial charge < -0.3 is 14.6 Å². The van der Waals surface area contributed by atoms with Crippen LogP contribution in [-0.4, -0.2) is 30.6 Å². The molecule has 78 valence electrons. The van der Waals surface area contributed by atoms with E-state index < -0.39 is 12.3 Å². The maximum absolute atomic E-state index is 10.1. The van der Waals surface area contributed by atoms with Crippen LogP contribution in [0.2, 0.25) is 0 Å². The number of ether oxygens (including phenoxy) is 2. The second-order valence-corrected chi connectivity index (χ2v) is 2.85. The third kappa shape index (κ3) is 9.30. The van der Waals surface area contributed by atoms with Gasteiger partial charge in [0.2, 0.25) is 0 Å². The van der Waals surface area contributed by atoms with Gasteiger partial charge in [0.05, 0.1) is 0 Å². The van der Waals surface area contributed by atoms with Crippen molar-refractivity contribution < 1.29 is 19.4 Å². The molecule has 0 aromatic rings. The van der Waals surface area contributed by atoms with Crippen molar-refractivity contribution in [3.63, 3.8) is 0 Å². The first-order chi connectivity index (χ1) is 6.16. The maximum Gasteiger partial charge on any atom is 0.329 e. The molecule has 0 aromatic heterocycles. The van der Waals surface area contributed by atoms with Crippen LogP contribution < -0.4 is 0 Å². The van der Waals surface area contributed by atoms with Gasteiger partial charge in [0.1, 0.15) is 6.61 Å². The first-order valence-electron chi connectivity index (χ1n) is 4.61. The van der Waals surface area contributed by atoms with Gasteiger partial charge in [0, 0.05) is 6.61 Å². The van der Waals surface area contributed by atoms with E-state index in [1.807, 2.05) is 0 Å². The van der Waals surface area contributed by atoms with Crippen LogP contribution in [0.5, 0.6) is 0 Å². The van der Waals surface area contributed by atoms with Crippen molar-refractivity contribution in [1.29, 1.82) is 0 Å². The van der Waals surface area contributed by atoms with Crippen molar-refractivity contribution in [3.8, 4) is 0 Å².